The minimum Gasteiger partial charge on any atom is -0.463 e. The van der Waals surface area contributed by atoms with Gasteiger partial charge in [0.25, 0.3) is 5.91 Å². The Labute approximate surface area is 123 Å². The van der Waals surface area contributed by atoms with Crippen LogP contribution in [0.15, 0.2) is 41.4 Å². The number of rotatable bonds is 6. The lowest BCUT2D eigenvalue weighted by Gasteiger charge is -2.11. The topological polar surface area (TPSA) is 55.4 Å². The summed E-state index contributed by atoms with van der Waals surface area (Å²) >= 11 is 1.41. The molecule has 0 heterocycles. The summed E-state index contributed by atoms with van der Waals surface area (Å²) in [5.74, 6) is -0.696. The lowest BCUT2D eigenvalue weighted by Crippen LogP contribution is -2.23. The smallest absolute Gasteiger partial charge is 0.333 e. The number of hydrogen-bond donors (Lipinski definition) is 1. The zero-order chi connectivity index (χ0) is 15.0. The molecule has 0 unspecified atom stereocenters. The number of carbonyl (C=O) groups is 2. The van der Waals surface area contributed by atoms with Crippen molar-refractivity contribution in [3.05, 3.63) is 47.0 Å². The summed E-state index contributed by atoms with van der Waals surface area (Å²) in [6, 6.07) is 8.86. The Morgan fingerprint density at radius 1 is 1.30 bits per heavy atom. The maximum atomic E-state index is 12.1. The number of esters is 1. The van der Waals surface area contributed by atoms with Gasteiger partial charge in [0.15, 0.2) is 0 Å². The maximum Gasteiger partial charge on any atom is 0.333 e. The van der Waals surface area contributed by atoms with Crippen LogP contribution in [0.1, 0.15) is 31.1 Å². The van der Waals surface area contributed by atoms with E-state index in [0.29, 0.717) is 17.2 Å². The van der Waals surface area contributed by atoms with E-state index in [2.05, 4.69) is 5.32 Å². The van der Waals surface area contributed by atoms with Crippen LogP contribution in [0.2, 0.25) is 0 Å². The van der Waals surface area contributed by atoms with Gasteiger partial charge in [-0.3, -0.25) is 4.79 Å². The molecule has 1 N–H and O–H groups in total. The van der Waals surface area contributed by atoms with Gasteiger partial charge in [-0.2, -0.15) is 0 Å². The second-order valence-corrected chi connectivity index (χ2v) is 5.87. The second-order valence-electron chi connectivity index (χ2n) is 4.25. The Balaban J connectivity index is 2.79. The zero-order valence-corrected chi connectivity index (χ0v) is 12.7. The van der Waals surface area contributed by atoms with Crippen molar-refractivity contribution in [2.24, 2.45) is 0 Å². The van der Waals surface area contributed by atoms with Crippen LogP contribution in [0.25, 0.3) is 0 Å². The number of hydrogen-bond acceptors (Lipinski definition) is 4. The van der Waals surface area contributed by atoms with E-state index in [0.717, 1.165) is 0 Å². The molecule has 0 aliphatic heterocycles. The van der Waals surface area contributed by atoms with Gasteiger partial charge in [-0.05, 0) is 19.1 Å². The highest BCUT2D eigenvalue weighted by molar-refractivity contribution is 8.03. The van der Waals surface area contributed by atoms with E-state index in [1.54, 1.807) is 31.2 Å². The largest absolute Gasteiger partial charge is 0.463 e. The zero-order valence-electron chi connectivity index (χ0n) is 11.9. The molecule has 108 valence electrons. The fourth-order valence-electron chi connectivity index (χ4n) is 1.42. The van der Waals surface area contributed by atoms with Gasteiger partial charge in [-0.15, -0.1) is 11.8 Å². The molecule has 5 heteroatoms. The van der Waals surface area contributed by atoms with Crippen molar-refractivity contribution >= 4 is 23.6 Å². The molecule has 0 saturated carbocycles. The molecule has 0 aliphatic rings. The fourth-order valence-corrected chi connectivity index (χ4v) is 2.24. The van der Waals surface area contributed by atoms with E-state index in [1.807, 2.05) is 19.9 Å². The third-order valence-electron chi connectivity index (χ3n) is 2.17. The molecule has 0 saturated heterocycles. The lowest BCUT2D eigenvalue weighted by molar-refractivity contribution is -0.137. The third kappa shape index (κ3) is 5.93. The third-order valence-corrected chi connectivity index (χ3v) is 3.12. The van der Waals surface area contributed by atoms with E-state index < -0.39 is 5.97 Å². The lowest BCUT2D eigenvalue weighted by atomic mass is 10.2. The van der Waals surface area contributed by atoms with Crippen molar-refractivity contribution in [2.45, 2.75) is 26.0 Å². The van der Waals surface area contributed by atoms with Crippen molar-refractivity contribution in [2.75, 3.05) is 6.61 Å². The predicted octanol–water partition coefficient (Wildman–Crippen LogP) is 2.96. The molecule has 1 aromatic carbocycles. The van der Waals surface area contributed by atoms with Crippen LogP contribution in [0.3, 0.4) is 0 Å². The molecule has 1 amide bonds. The monoisotopic (exact) mass is 293 g/mol. The number of ether oxygens (including phenoxy) is 1. The average Bonchev–Trinajstić information content (AvgIpc) is 2.39. The first-order valence-electron chi connectivity index (χ1n) is 6.44. The number of amides is 1. The molecular formula is C15H19NO3S. The minimum atomic E-state index is -0.455. The van der Waals surface area contributed by atoms with E-state index in [1.165, 1.54) is 17.8 Å². The predicted molar refractivity (Wildman–Crippen MR) is 81.4 cm³/mol. The van der Waals surface area contributed by atoms with Crippen molar-refractivity contribution in [3.63, 3.8) is 0 Å². The second kappa shape index (κ2) is 8.43. The van der Waals surface area contributed by atoms with Gasteiger partial charge in [0.05, 0.1) is 17.7 Å². The molecule has 1 aromatic rings. The van der Waals surface area contributed by atoms with Crippen molar-refractivity contribution < 1.29 is 14.3 Å². The van der Waals surface area contributed by atoms with Gasteiger partial charge in [0.1, 0.15) is 0 Å². The summed E-state index contributed by atoms with van der Waals surface area (Å²) in [5, 5.41) is 3.47. The normalized spacial score (nSPS) is 11.3. The maximum absolute atomic E-state index is 12.1. The number of thioether (sulfide) groups is 1. The average molecular weight is 293 g/mol. The molecule has 0 spiro atoms. The van der Waals surface area contributed by atoms with E-state index >= 15 is 0 Å². The standard InChI is InChI=1S/C15H19NO3S/c1-4-19-14(17)10-13(20-11(2)3)16-15(18)12-8-6-5-7-9-12/h5-11H,4H2,1-3H3,(H,16,18). The highest BCUT2D eigenvalue weighted by Gasteiger charge is 2.11. The number of carbonyl (C=O) groups excluding carboxylic acids is 2. The van der Waals surface area contributed by atoms with Crippen LogP contribution in [-0.4, -0.2) is 23.7 Å². The molecule has 1 rings (SSSR count). The van der Waals surface area contributed by atoms with Gasteiger partial charge < -0.3 is 10.1 Å². The van der Waals surface area contributed by atoms with Crippen LogP contribution < -0.4 is 5.32 Å². The highest BCUT2D eigenvalue weighted by atomic mass is 32.2. The van der Waals surface area contributed by atoms with Crippen molar-refractivity contribution in [1.82, 2.24) is 5.32 Å². The number of benzene rings is 1. The van der Waals surface area contributed by atoms with E-state index in [4.69, 9.17) is 4.74 Å². The molecule has 0 radical (unpaired) electrons. The van der Waals surface area contributed by atoms with Crippen LogP contribution in [0.4, 0.5) is 0 Å². The van der Waals surface area contributed by atoms with E-state index in [-0.39, 0.29) is 11.2 Å². The Morgan fingerprint density at radius 3 is 2.50 bits per heavy atom. The Morgan fingerprint density at radius 2 is 1.95 bits per heavy atom. The van der Waals surface area contributed by atoms with Crippen molar-refractivity contribution in [1.29, 1.82) is 0 Å². The van der Waals surface area contributed by atoms with Crippen LogP contribution >= 0.6 is 11.8 Å². The van der Waals surface area contributed by atoms with Gasteiger partial charge in [-0.25, -0.2) is 4.79 Å². The van der Waals surface area contributed by atoms with Gasteiger partial charge in [0, 0.05) is 10.8 Å². The molecule has 0 aliphatic carbocycles. The summed E-state index contributed by atoms with van der Waals surface area (Å²) in [5.41, 5.74) is 0.548. The molecule has 0 fully saturated rings. The first-order chi connectivity index (χ1) is 9.52. The molecule has 4 nitrogen and oxygen atoms in total. The Hall–Kier alpha value is -1.75. The summed E-state index contributed by atoms with van der Waals surface area (Å²) in [6.45, 7) is 6.02. The fraction of sp³-hybridized carbons (Fsp3) is 0.333. The number of nitrogens with one attached hydrogen (secondary N) is 1. The van der Waals surface area contributed by atoms with Gasteiger partial charge >= 0.3 is 5.97 Å². The molecule has 0 bridgehead atoms. The Kier molecular flexibility index (Phi) is 6.87. The molecule has 0 aromatic heterocycles. The van der Waals surface area contributed by atoms with Crippen LogP contribution in [0, 0.1) is 0 Å². The SMILES string of the molecule is CCOC(=O)C=C(NC(=O)c1ccccc1)SC(C)C. The van der Waals surface area contributed by atoms with Crippen LogP contribution in [0.5, 0.6) is 0 Å². The van der Waals surface area contributed by atoms with Crippen LogP contribution in [-0.2, 0) is 9.53 Å². The molecule has 20 heavy (non-hydrogen) atoms. The quantitative estimate of drug-likeness (QED) is 0.647. The van der Waals surface area contributed by atoms with Crippen molar-refractivity contribution in [3.8, 4) is 0 Å². The highest BCUT2D eigenvalue weighted by Crippen LogP contribution is 2.19. The summed E-state index contributed by atoms with van der Waals surface area (Å²) in [4.78, 5) is 23.5. The Bertz CT molecular complexity index is 483. The van der Waals surface area contributed by atoms with Gasteiger partial charge in [-0.1, -0.05) is 32.0 Å². The summed E-state index contributed by atoms with van der Waals surface area (Å²) < 4.78 is 4.86. The van der Waals surface area contributed by atoms with E-state index in [9.17, 15) is 9.59 Å². The van der Waals surface area contributed by atoms with Gasteiger partial charge in [0.2, 0.25) is 0 Å². The summed E-state index contributed by atoms with van der Waals surface area (Å²) in [6.07, 6.45) is 1.31. The molecular weight excluding hydrogens is 274 g/mol. The molecule has 0 atom stereocenters. The first kappa shape index (κ1) is 16.3. The first-order valence-corrected chi connectivity index (χ1v) is 7.32. The minimum absolute atomic E-state index is 0.241. The summed E-state index contributed by atoms with van der Waals surface area (Å²) in [7, 11) is 0.